The Morgan fingerprint density at radius 1 is 1.61 bits per heavy atom. The number of methoxy groups -OCH3 is 1. The average Bonchev–Trinajstić information content (AvgIpc) is 2.88. The zero-order valence-electron chi connectivity index (χ0n) is 11.1. The van der Waals surface area contributed by atoms with Crippen molar-refractivity contribution in [2.45, 2.75) is 19.4 Å². The summed E-state index contributed by atoms with van der Waals surface area (Å²) >= 11 is 1.68. The molecule has 1 aromatic rings. The minimum atomic E-state index is 0.772. The number of aromatic nitrogens is 1. The summed E-state index contributed by atoms with van der Waals surface area (Å²) in [6.07, 6.45) is 2.65. The molecule has 2 rings (SSSR count). The smallest absolute Gasteiger partial charge is 0.0795 e. The van der Waals surface area contributed by atoms with Crippen LogP contribution in [-0.2, 0) is 11.3 Å². The zero-order valence-corrected chi connectivity index (χ0v) is 11.9. The van der Waals surface area contributed by atoms with Gasteiger partial charge in [0.15, 0.2) is 0 Å². The van der Waals surface area contributed by atoms with Crippen LogP contribution in [-0.4, -0.2) is 49.8 Å². The maximum atomic E-state index is 5.04. The number of ether oxygens (including phenoxy) is 1. The summed E-state index contributed by atoms with van der Waals surface area (Å²) in [5.41, 5.74) is 3.14. The molecule has 1 aliphatic heterocycles. The molecule has 18 heavy (non-hydrogen) atoms. The zero-order chi connectivity index (χ0) is 12.6. The number of hydrogen-bond acceptors (Lipinski definition) is 5. The van der Waals surface area contributed by atoms with Gasteiger partial charge in [0.05, 0.1) is 17.8 Å². The van der Waals surface area contributed by atoms with E-state index < -0.39 is 0 Å². The molecule has 0 radical (unpaired) electrons. The highest BCUT2D eigenvalue weighted by molar-refractivity contribution is 7.07. The number of piperidine rings is 1. The van der Waals surface area contributed by atoms with Gasteiger partial charge in [-0.3, -0.25) is 4.90 Å². The normalized spacial score (nSPS) is 21.3. The van der Waals surface area contributed by atoms with Crippen molar-refractivity contribution in [1.82, 2.24) is 15.2 Å². The summed E-state index contributed by atoms with van der Waals surface area (Å²) in [6.45, 7) is 6.28. The number of hydrogen-bond donors (Lipinski definition) is 1. The molecule has 1 N–H and O–H groups in total. The number of likely N-dealkylation sites (tertiary alicyclic amines) is 1. The lowest BCUT2D eigenvalue weighted by molar-refractivity contribution is 0.158. The van der Waals surface area contributed by atoms with Gasteiger partial charge in [0.25, 0.3) is 0 Å². The third-order valence-corrected chi connectivity index (χ3v) is 4.02. The van der Waals surface area contributed by atoms with Crippen LogP contribution in [0.4, 0.5) is 0 Å². The second-order valence-corrected chi connectivity index (χ2v) is 5.64. The van der Waals surface area contributed by atoms with Crippen molar-refractivity contribution in [2.75, 3.05) is 39.9 Å². The fourth-order valence-corrected chi connectivity index (χ4v) is 3.04. The van der Waals surface area contributed by atoms with Gasteiger partial charge in [0, 0.05) is 32.1 Å². The molecule has 0 saturated carbocycles. The van der Waals surface area contributed by atoms with Gasteiger partial charge in [-0.2, -0.15) is 0 Å². The molecule has 4 nitrogen and oxygen atoms in total. The molecule has 0 spiro atoms. The van der Waals surface area contributed by atoms with Gasteiger partial charge in [-0.15, -0.1) is 11.3 Å². The van der Waals surface area contributed by atoms with Gasteiger partial charge in [-0.1, -0.05) is 0 Å². The molecule has 1 atom stereocenters. The number of nitrogens with one attached hydrogen (secondary N) is 1. The molecule has 0 aromatic carbocycles. The first-order valence-electron chi connectivity index (χ1n) is 6.67. The molecule has 2 heterocycles. The van der Waals surface area contributed by atoms with Crippen molar-refractivity contribution in [2.24, 2.45) is 5.92 Å². The van der Waals surface area contributed by atoms with E-state index in [1.807, 2.05) is 5.51 Å². The SMILES string of the molecule is COCCNCC1CCCN(Cc2cscn2)C1. The van der Waals surface area contributed by atoms with E-state index in [4.69, 9.17) is 4.74 Å². The largest absolute Gasteiger partial charge is 0.383 e. The predicted molar refractivity (Wildman–Crippen MR) is 74.9 cm³/mol. The Bertz CT molecular complexity index is 318. The van der Waals surface area contributed by atoms with Crippen LogP contribution in [0.25, 0.3) is 0 Å². The van der Waals surface area contributed by atoms with Crippen LogP contribution in [0.1, 0.15) is 18.5 Å². The van der Waals surface area contributed by atoms with Gasteiger partial charge in [0.1, 0.15) is 0 Å². The van der Waals surface area contributed by atoms with Crippen LogP contribution in [0.3, 0.4) is 0 Å². The Kier molecular flexibility index (Phi) is 6.07. The number of rotatable bonds is 7. The van der Waals surface area contributed by atoms with E-state index in [0.29, 0.717) is 0 Å². The van der Waals surface area contributed by atoms with E-state index in [1.54, 1.807) is 18.4 Å². The lowest BCUT2D eigenvalue weighted by Gasteiger charge is -2.32. The second-order valence-electron chi connectivity index (χ2n) is 4.92. The molecule has 1 fully saturated rings. The van der Waals surface area contributed by atoms with E-state index in [1.165, 1.54) is 31.6 Å². The third-order valence-electron chi connectivity index (χ3n) is 3.39. The Morgan fingerprint density at radius 2 is 2.56 bits per heavy atom. The Labute approximate surface area is 113 Å². The molecule has 0 bridgehead atoms. The monoisotopic (exact) mass is 269 g/mol. The predicted octanol–water partition coefficient (Wildman–Crippen LogP) is 1.59. The molecule has 1 aliphatic rings. The molecule has 1 saturated heterocycles. The van der Waals surface area contributed by atoms with Gasteiger partial charge in [-0.25, -0.2) is 4.98 Å². The lowest BCUT2D eigenvalue weighted by atomic mass is 9.98. The Balaban J connectivity index is 1.67. The molecule has 1 unspecified atom stereocenters. The second kappa shape index (κ2) is 7.84. The van der Waals surface area contributed by atoms with Gasteiger partial charge >= 0.3 is 0 Å². The van der Waals surface area contributed by atoms with Crippen LogP contribution in [0.15, 0.2) is 10.9 Å². The Hall–Kier alpha value is -0.490. The summed E-state index contributed by atoms with van der Waals surface area (Å²) in [5, 5.41) is 5.62. The number of nitrogens with zero attached hydrogens (tertiary/aromatic N) is 2. The maximum absolute atomic E-state index is 5.04. The minimum Gasteiger partial charge on any atom is -0.383 e. The highest BCUT2D eigenvalue weighted by Gasteiger charge is 2.19. The topological polar surface area (TPSA) is 37.4 Å². The minimum absolute atomic E-state index is 0.772. The summed E-state index contributed by atoms with van der Waals surface area (Å²) in [5.74, 6) is 0.772. The quantitative estimate of drug-likeness (QED) is 0.763. The van der Waals surface area contributed by atoms with Gasteiger partial charge < -0.3 is 10.1 Å². The van der Waals surface area contributed by atoms with Crippen LogP contribution in [0.2, 0.25) is 0 Å². The highest BCUT2D eigenvalue weighted by Crippen LogP contribution is 2.17. The van der Waals surface area contributed by atoms with Crippen molar-refractivity contribution in [1.29, 1.82) is 0 Å². The van der Waals surface area contributed by atoms with E-state index >= 15 is 0 Å². The van der Waals surface area contributed by atoms with Crippen molar-refractivity contribution in [3.63, 3.8) is 0 Å². The standard InChI is InChI=1S/C13H23N3OS/c1-17-6-4-14-7-12-3-2-5-16(8-12)9-13-10-18-11-15-13/h10-12,14H,2-9H2,1H3. The van der Waals surface area contributed by atoms with E-state index in [9.17, 15) is 0 Å². The lowest BCUT2D eigenvalue weighted by Crippen LogP contribution is -2.39. The van der Waals surface area contributed by atoms with E-state index in [0.717, 1.165) is 32.2 Å². The molecule has 1 aromatic heterocycles. The van der Waals surface area contributed by atoms with Crippen molar-refractivity contribution in [3.05, 3.63) is 16.6 Å². The van der Waals surface area contributed by atoms with Crippen LogP contribution in [0.5, 0.6) is 0 Å². The molecule has 0 aliphatic carbocycles. The van der Waals surface area contributed by atoms with Crippen molar-refractivity contribution >= 4 is 11.3 Å². The molecular weight excluding hydrogens is 246 g/mol. The molecule has 5 heteroatoms. The van der Waals surface area contributed by atoms with Crippen molar-refractivity contribution < 1.29 is 4.74 Å². The van der Waals surface area contributed by atoms with Gasteiger partial charge in [-0.05, 0) is 31.8 Å². The summed E-state index contributed by atoms with van der Waals surface area (Å²) in [6, 6.07) is 0. The first-order valence-corrected chi connectivity index (χ1v) is 7.62. The van der Waals surface area contributed by atoms with E-state index in [-0.39, 0.29) is 0 Å². The Morgan fingerprint density at radius 3 is 3.33 bits per heavy atom. The summed E-state index contributed by atoms with van der Waals surface area (Å²) in [7, 11) is 1.75. The third kappa shape index (κ3) is 4.65. The molecule has 102 valence electrons. The summed E-state index contributed by atoms with van der Waals surface area (Å²) < 4.78 is 5.04. The molecule has 0 amide bonds. The fourth-order valence-electron chi connectivity index (χ4n) is 2.49. The fraction of sp³-hybridized carbons (Fsp3) is 0.769. The van der Waals surface area contributed by atoms with E-state index in [2.05, 4.69) is 20.6 Å². The van der Waals surface area contributed by atoms with Crippen LogP contribution < -0.4 is 5.32 Å². The highest BCUT2D eigenvalue weighted by atomic mass is 32.1. The first-order chi connectivity index (χ1) is 8.88. The van der Waals surface area contributed by atoms with Crippen molar-refractivity contribution in [3.8, 4) is 0 Å². The number of thiazole rings is 1. The average molecular weight is 269 g/mol. The van der Waals surface area contributed by atoms with Gasteiger partial charge in [0.2, 0.25) is 0 Å². The summed E-state index contributed by atoms with van der Waals surface area (Å²) in [4.78, 5) is 6.90. The molecular formula is C13H23N3OS. The van der Waals surface area contributed by atoms with Crippen LogP contribution in [0, 0.1) is 5.92 Å². The van der Waals surface area contributed by atoms with Crippen LogP contribution >= 0.6 is 11.3 Å². The maximum Gasteiger partial charge on any atom is 0.0795 e. The first kappa shape index (κ1) is 13.9.